The summed E-state index contributed by atoms with van der Waals surface area (Å²) in [5.74, 6) is -2.50. The number of rotatable bonds is 6. The zero-order valence-corrected chi connectivity index (χ0v) is 21.0. The number of carbonyl (C=O) groups excluding carboxylic acids is 2. The summed E-state index contributed by atoms with van der Waals surface area (Å²) in [5, 5.41) is 6.48. The summed E-state index contributed by atoms with van der Waals surface area (Å²) in [4.78, 5) is 25.6. The molecule has 0 heterocycles. The first kappa shape index (κ1) is 25.1. The van der Waals surface area contributed by atoms with Gasteiger partial charge in [0, 0.05) is 28.2 Å². The van der Waals surface area contributed by atoms with Crippen molar-refractivity contribution in [3.8, 4) is 0 Å². The summed E-state index contributed by atoms with van der Waals surface area (Å²) < 4.78 is 11.7. The maximum absolute atomic E-state index is 13.0. The van der Waals surface area contributed by atoms with Gasteiger partial charge in [0.25, 0.3) is 5.91 Å². The van der Waals surface area contributed by atoms with Crippen LogP contribution in [0.25, 0.3) is 0 Å². The van der Waals surface area contributed by atoms with Gasteiger partial charge in [-0.1, -0.05) is 46.9 Å². The fourth-order valence-electron chi connectivity index (χ4n) is 3.70. The molecule has 3 aromatic rings. The van der Waals surface area contributed by atoms with Crippen LogP contribution in [0.4, 0.5) is 10.1 Å². The molecular formula is C24H16Cl5FN2O2. The Balaban J connectivity index is 1.45. The van der Waals surface area contributed by atoms with Crippen LogP contribution in [-0.2, 0) is 11.3 Å². The SMILES string of the molecule is O=C(NCc1ccc(F)cc1)c1cc(NC(=O)[C@H]2[C@H](c3cc(Cl)cc(Cl)c3)C2(Cl)Cl)ccc1Cl. The van der Waals surface area contributed by atoms with Crippen LogP contribution in [-0.4, -0.2) is 16.1 Å². The third kappa shape index (κ3) is 5.45. The zero-order valence-electron chi connectivity index (χ0n) is 17.2. The van der Waals surface area contributed by atoms with Crippen molar-refractivity contribution in [1.82, 2.24) is 5.32 Å². The molecule has 0 radical (unpaired) electrons. The lowest BCUT2D eigenvalue weighted by atomic mass is 10.1. The van der Waals surface area contributed by atoms with Crippen molar-refractivity contribution in [2.75, 3.05) is 5.32 Å². The highest BCUT2D eigenvalue weighted by Crippen LogP contribution is 2.65. The van der Waals surface area contributed by atoms with E-state index in [-0.39, 0.29) is 22.9 Å². The van der Waals surface area contributed by atoms with Crippen molar-refractivity contribution < 1.29 is 14.0 Å². The summed E-state index contributed by atoms with van der Waals surface area (Å²) in [6, 6.07) is 15.2. The molecule has 2 N–H and O–H groups in total. The molecule has 1 aliphatic carbocycles. The van der Waals surface area contributed by atoms with Gasteiger partial charge >= 0.3 is 0 Å². The Kier molecular flexibility index (Phi) is 7.32. The van der Waals surface area contributed by atoms with Gasteiger partial charge in [-0.05, 0) is 59.7 Å². The minimum atomic E-state index is -1.33. The molecule has 176 valence electrons. The van der Waals surface area contributed by atoms with Crippen LogP contribution in [0.1, 0.15) is 27.4 Å². The lowest BCUT2D eigenvalue weighted by Crippen LogP contribution is -2.23. The predicted molar refractivity (Wildman–Crippen MR) is 135 cm³/mol. The quantitative estimate of drug-likeness (QED) is 0.312. The molecule has 34 heavy (non-hydrogen) atoms. The maximum Gasteiger partial charge on any atom is 0.253 e. The van der Waals surface area contributed by atoms with E-state index in [0.29, 0.717) is 21.3 Å². The highest BCUT2D eigenvalue weighted by Gasteiger charge is 2.67. The standard InChI is InChI=1S/C24H16Cl5FN2O2/c25-14-7-13(8-15(26)9-14)20-21(24(20,28)29)23(34)32-17-5-6-19(27)18(10-17)22(33)31-11-12-1-3-16(30)4-2-12/h1-10,20-21H,11H2,(H,31,33)(H,32,34)/t20-,21+/m0/s1. The average molecular weight is 561 g/mol. The number of halogens is 6. The maximum atomic E-state index is 13.0. The van der Waals surface area contributed by atoms with Crippen LogP contribution >= 0.6 is 58.0 Å². The number of alkyl halides is 2. The molecule has 2 atom stereocenters. The highest BCUT2D eigenvalue weighted by atomic mass is 35.5. The van der Waals surface area contributed by atoms with Gasteiger partial charge in [-0.3, -0.25) is 9.59 Å². The normalized spacial score (nSPS) is 18.3. The van der Waals surface area contributed by atoms with Gasteiger partial charge in [0.2, 0.25) is 5.91 Å². The second kappa shape index (κ2) is 9.92. The van der Waals surface area contributed by atoms with Crippen molar-refractivity contribution in [2.24, 2.45) is 5.92 Å². The van der Waals surface area contributed by atoms with Crippen LogP contribution in [0.2, 0.25) is 15.1 Å². The Bertz CT molecular complexity index is 1250. The van der Waals surface area contributed by atoms with E-state index in [1.807, 2.05) is 0 Å². The molecule has 0 spiro atoms. The number of hydrogen-bond donors (Lipinski definition) is 2. The average Bonchev–Trinajstić information content (AvgIpc) is 3.36. The summed E-state index contributed by atoms with van der Waals surface area (Å²) in [6.45, 7) is 0.180. The number of carbonyl (C=O) groups is 2. The molecule has 0 unspecified atom stereocenters. The summed E-state index contributed by atoms with van der Waals surface area (Å²) >= 11 is 31.1. The minimum absolute atomic E-state index is 0.165. The van der Waals surface area contributed by atoms with Gasteiger partial charge < -0.3 is 10.6 Å². The van der Waals surface area contributed by atoms with Gasteiger partial charge in [0.1, 0.15) is 10.2 Å². The summed E-state index contributed by atoms with van der Waals surface area (Å²) in [7, 11) is 0. The van der Waals surface area contributed by atoms with E-state index in [1.54, 1.807) is 36.4 Å². The largest absolute Gasteiger partial charge is 0.348 e. The monoisotopic (exact) mass is 558 g/mol. The van der Waals surface area contributed by atoms with Crippen molar-refractivity contribution in [1.29, 1.82) is 0 Å². The fraction of sp³-hybridized carbons (Fsp3) is 0.167. The Labute approximate surface area is 220 Å². The highest BCUT2D eigenvalue weighted by molar-refractivity contribution is 6.53. The number of benzene rings is 3. The van der Waals surface area contributed by atoms with Crippen molar-refractivity contribution >= 4 is 75.5 Å². The lowest BCUT2D eigenvalue weighted by Gasteiger charge is -2.10. The number of hydrogen-bond acceptors (Lipinski definition) is 2. The molecule has 1 aliphatic rings. The molecule has 0 aliphatic heterocycles. The van der Waals surface area contributed by atoms with Crippen molar-refractivity contribution in [3.05, 3.63) is 98.2 Å². The molecular weight excluding hydrogens is 545 g/mol. The summed E-state index contributed by atoms with van der Waals surface area (Å²) in [6.07, 6.45) is 0. The molecule has 0 bridgehead atoms. The third-order valence-electron chi connectivity index (χ3n) is 5.42. The van der Waals surface area contributed by atoms with Crippen LogP contribution < -0.4 is 10.6 Å². The molecule has 1 saturated carbocycles. The van der Waals surface area contributed by atoms with E-state index >= 15 is 0 Å². The molecule has 2 amide bonds. The van der Waals surface area contributed by atoms with E-state index < -0.39 is 28.0 Å². The second-order valence-corrected chi connectivity index (χ2v) is 10.6. The minimum Gasteiger partial charge on any atom is -0.348 e. The fourth-order valence-corrected chi connectivity index (χ4v) is 5.27. The van der Waals surface area contributed by atoms with Gasteiger partial charge in [-0.2, -0.15) is 0 Å². The number of nitrogens with one attached hydrogen (secondary N) is 2. The molecule has 4 rings (SSSR count). The van der Waals surface area contributed by atoms with Crippen LogP contribution in [0.5, 0.6) is 0 Å². The van der Waals surface area contributed by atoms with Gasteiger partial charge in [-0.15, -0.1) is 23.2 Å². The van der Waals surface area contributed by atoms with Crippen LogP contribution in [0.15, 0.2) is 60.7 Å². The predicted octanol–water partition coefficient (Wildman–Crippen LogP) is 7.24. The Hall–Kier alpha value is -2.02. The first-order valence-electron chi connectivity index (χ1n) is 10.0. The van der Waals surface area contributed by atoms with E-state index in [1.165, 1.54) is 24.3 Å². The first-order valence-corrected chi connectivity index (χ1v) is 11.9. The van der Waals surface area contributed by atoms with Gasteiger partial charge in [0.05, 0.1) is 16.5 Å². The Morgan fingerprint density at radius 2 is 1.56 bits per heavy atom. The number of anilines is 1. The molecule has 4 nitrogen and oxygen atoms in total. The van der Waals surface area contributed by atoms with Crippen LogP contribution in [0, 0.1) is 11.7 Å². The molecule has 1 fully saturated rings. The van der Waals surface area contributed by atoms with Gasteiger partial charge in [-0.25, -0.2) is 4.39 Å². The van der Waals surface area contributed by atoms with E-state index in [2.05, 4.69) is 10.6 Å². The van der Waals surface area contributed by atoms with E-state index in [9.17, 15) is 14.0 Å². The Morgan fingerprint density at radius 1 is 0.912 bits per heavy atom. The van der Waals surface area contributed by atoms with E-state index in [0.717, 1.165) is 5.56 Å². The zero-order chi connectivity index (χ0) is 24.6. The summed E-state index contributed by atoms with van der Waals surface area (Å²) in [5.41, 5.74) is 1.88. The molecule has 0 aromatic heterocycles. The molecule has 3 aromatic carbocycles. The van der Waals surface area contributed by atoms with Crippen molar-refractivity contribution in [2.45, 2.75) is 16.8 Å². The van der Waals surface area contributed by atoms with E-state index in [4.69, 9.17) is 58.0 Å². The van der Waals surface area contributed by atoms with Crippen molar-refractivity contribution in [3.63, 3.8) is 0 Å². The number of amides is 2. The van der Waals surface area contributed by atoms with Gasteiger partial charge in [0.15, 0.2) is 0 Å². The topological polar surface area (TPSA) is 58.2 Å². The lowest BCUT2D eigenvalue weighted by molar-refractivity contribution is -0.117. The second-order valence-electron chi connectivity index (χ2n) is 7.83. The molecule has 0 saturated heterocycles. The smallest absolute Gasteiger partial charge is 0.253 e. The first-order chi connectivity index (χ1) is 16.1. The third-order valence-corrected chi connectivity index (χ3v) is 7.13. The Morgan fingerprint density at radius 3 is 2.21 bits per heavy atom. The molecule has 10 heteroatoms. The van der Waals surface area contributed by atoms with Crippen LogP contribution in [0.3, 0.4) is 0 Å².